The lowest BCUT2D eigenvalue weighted by atomic mass is 10.5. The van der Waals surface area contributed by atoms with Crippen molar-refractivity contribution >= 4 is 34.5 Å². The molecule has 8 nitrogen and oxygen atoms in total. The number of hydrogen-bond donors (Lipinski definition) is 2. The summed E-state index contributed by atoms with van der Waals surface area (Å²) in [7, 11) is 1.56. The van der Waals surface area contributed by atoms with Crippen molar-refractivity contribution in [2.24, 2.45) is 4.99 Å². The van der Waals surface area contributed by atoms with Crippen molar-refractivity contribution in [3.8, 4) is 11.8 Å². The summed E-state index contributed by atoms with van der Waals surface area (Å²) < 4.78 is 82.7. The number of anilines is 2. The zero-order chi connectivity index (χ0) is 22.4. The zero-order valence-electron chi connectivity index (χ0n) is 15.0. The van der Waals surface area contributed by atoms with Crippen LogP contribution < -0.4 is 20.1 Å². The molecular formula is C15H13F6N5O3S. The molecule has 2 aromatic heterocycles. The smallest absolute Gasteiger partial charge is 0.422 e. The molecule has 164 valence electrons. The fourth-order valence-corrected chi connectivity index (χ4v) is 2.61. The molecule has 2 heterocycles. The van der Waals surface area contributed by atoms with Gasteiger partial charge in [0, 0.05) is 18.1 Å². The predicted molar refractivity (Wildman–Crippen MR) is 95.6 cm³/mol. The second-order valence-corrected chi connectivity index (χ2v) is 6.46. The van der Waals surface area contributed by atoms with E-state index in [0.717, 1.165) is 16.2 Å². The Morgan fingerprint density at radius 2 is 1.63 bits per heavy atom. The highest BCUT2D eigenvalue weighted by Crippen LogP contribution is 2.24. The van der Waals surface area contributed by atoms with Crippen LogP contribution >= 0.6 is 11.3 Å². The SMILES string of the molecule is CN=Cc1ccc(NC(=O)Nc2nc(OCC(F)(F)F)cc(OCC(F)(F)F)n2)s1. The Labute approximate surface area is 168 Å². The van der Waals surface area contributed by atoms with Gasteiger partial charge in [-0.1, -0.05) is 0 Å². The first-order valence-corrected chi connectivity index (χ1v) is 8.63. The number of thiophene rings is 1. The fraction of sp³-hybridized carbons (Fsp3) is 0.333. The molecule has 2 N–H and O–H groups in total. The Kier molecular flexibility index (Phi) is 7.42. The molecule has 0 aromatic carbocycles. The highest BCUT2D eigenvalue weighted by Gasteiger charge is 2.30. The van der Waals surface area contributed by atoms with Crippen LogP contribution in [-0.4, -0.2) is 54.8 Å². The molecule has 0 bridgehead atoms. The molecule has 0 saturated carbocycles. The van der Waals surface area contributed by atoms with Crippen molar-refractivity contribution in [3.63, 3.8) is 0 Å². The van der Waals surface area contributed by atoms with Crippen LogP contribution in [0.4, 0.5) is 42.1 Å². The first-order chi connectivity index (χ1) is 13.9. The van der Waals surface area contributed by atoms with Gasteiger partial charge in [0.1, 0.15) is 0 Å². The monoisotopic (exact) mass is 457 g/mol. The summed E-state index contributed by atoms with van der Waals surface area (Å²) in [6.45, 7) is -3.52. The van der Waals surface area contributed by atoms with E-state index in [2.05, 4.69) is 35.1 Å². The summed E-state index contributed by atoms with van der Waals surface area (Å²) in [5.74, 6) is -2.11. The van der Waals surface area contributed by atoms with E-state index >= 15 is 0 Å². The maximum atomic E-state index is 12.3. The van der Waals surface area contributed by atoms with E-state index in [4.69, 9.17) is 0 Å². The second kappa shape index (κ2) is 9.60. The lowest BCUT2D eigenvalue weighted by Crippen LogP contribution is -2.23. The van der Waals surface area contributed by atoms with Crippen LogP contribution in [-0.2, 0) is 0 Å². The third-order valence-corrected chi connectivity index (χ3v) is 3.73. The van der Waals surface area contributed by atoms with Gasteiger partial charge in [0.25, 0.3) is 0 Å². The first-order valence-electron chi connectivity index (χ1n) is 7.82. The molecule has 0 radical (unpaired) electrons. The molecule has 2 rings (SSSR count). The minimum Gasteiger partial charge on any atom is -0.468 e. The molecule has 0 saturated heterocycles. The number of urea groups is 1. The zero-order valence-corrected chi connectivity index (χ0v) is 15.8. The van der Waals surface area contributed by atoms with Crippen LogP contribution in [0.2, 0.25) is 0 Å². The third-order valence-electron chi connectivity index (χ3n) is 2.79. The Morgan fingerprint density at radius 1 is 1.07 bits per heavy atom. The number of rotatable bonds is 7. The van der Waals surface area contributed by atoms with Gasteiger partial charge in [0.2, 0.25) is 17.7 Å². The topological polar surface area (TPSA) is 97.7 Å². The minimum absolute atomic E-state index is 0.389. The number of ether oxygens (including phenoxy) is 2. The van der Waals surface area contributed by atoms with Gasteiger partial charge in [-0.05, 0) is 12.1 Å². The van der Waals surface area contributed by atoms with Crippen LogP contribution in [0, 0.1) is 0 Å². The van der Waals surface area contributed by atoms with Crippen LogP contribution in [0.3, 0.4) is 0 Å². The molecule has 0 aliphatic rings. The summed E-state index contributed by atoms with van der Waals surface area (Å²) in [5, 5.41) is 4.88. The normalized spacial score (nSPS) is 12.1. The average molecular weight is 457 g/mol. The van der Waals surface area contributed by atoms with E-state index in [1.54, 1.807) is 25.4 Å². The van der Waals surface area contributed by atoms with Gasteiger partial charge in [-0.2, -0.15) is 36.3 Å². The molecule has 2 amide bonds. The predicted octanol–water partition coefficient (Wildman–Crippen LogP) is 4.11. The number of carbonyl (C=O) groups is 1. The van der Waals surface area contributed by atoms with E-state index in [0.29, 0.717) is 11.1 Å². The van der Waals surface area contributed by atoms with Gasteiger partial charge in [-0.3, -0.25) is 15.6 Å². The molecular weight excluding hydrogens is 444 g/mol. The van der Waals surface area contributed by atoms with Gasteiger partial charge in [0.05, 0.1) is 11.1 Å². The van der Waals surface area contributed by atoms with Gasteiger partial charge in [-0.25, -0.2) is 4.79 Å². The molecule has 0 atom stereocenters. The summed E-state index contributed by atoms with van der Waals surface area (Å²) in [6, 6.07) is 2.96. The highest BCUT2D eigenvalue weighted by molar-refractivity contribution is 7.17. The van der Waals surface area contributed by atoms with Crippen molar-refractivity contribution in [2.45, 2.75) is 12.4 Å². The van der Waals surface area contributed by atoms with Crippen LogP contribution in [0.5, 0.6) is 11.8 Å². The molecule has 0 fully saturated rings. The molecule has 0 spiro atoms. The van der Waals surface area contributed by atoms with Gasteiger partial charge in [-0.15, -0.1) is 11.3 Å². The second-order valence-electron chi connectivity index (χ2n) is 5.34. The van der Waals surface area contributed by atoms with Crippen LogP contribution in [0.1, 0.15) is 4.88 Å². The standard InChI is InChI=1S/C15H13F6N5O3S/c1-22-5-8-2-3-11(30-8)25-13(27)26-12-23-9(28-6-14(16,17)18)4-10(24-12)29-7-15(19,20)21/h2-5H,6-7H2,1H3,(H2,23,24,25,26,27). The number of carbonyl (C=O) groups excluding carboxylic acids is 1. The number of amides is 2. The number of alkyl halides is 6. The quantitative estimate of drug-likeness (QED) is 0.482. The van der Waals surface area contributed by atoms with E-state index in [9.17, 15) is 31.1 Å². The van der Waals surface area contributed by atoms with Gasteiger partial charge < -0.3 is 9.47 Å². The first kappa shape index (κ1) is 23.2. The Bertz CT molecular complexity index is 863. The van der Waals surface area contributed by atoms with Crippen molar-refractivity contribution in [2.75, 3.05) is 30.9 Å². The van der Waals surface area contributed by atoms with E-state index in [-0.39, 0.29) is 0 Å². The number of aromatic nitrogens is 2. The molecule has 30 heavy (non-hydrogen) atoms. The maximum Gasteiger partial charge on any atom is 0.422 e. The van der Waals surface area contributed by atoms with E-state index in [1.807, 2.05) is 0 Å². The highest BCUT2D eigenvalue weighted by atomic mass is 32.1. The summed E-state index contributed by atoms with van der Waals surface area (Å²) in [5.41, 5.74) is 0. The molecule has 0 unspecified atom stereocenters. The molecule has 0 aliphatic heterocycles. The summed E-state index contributed by atoms with van der Waals surface area (Å²) in [4.78, 5) is 23.6. The van der Waals surface area contributed by atoms with Crippen LogP contribution in [0.15, 0.2) is 23.2 Å². The van der Waals surface area contributed by atoms with Gasteiger partial charge in [0.15, 0.2) is 13.2 Å². The minimum atomic E-state index is -4.72. The van der Waals surface area contributed by atoms with Gasteiger partial charge >= 0.3 is 18.4 Å². The largest absolute Gasteiger partial charge is 0.468 e. The molecule has 0 aliphatic carbocycles. The van der Waals surface area contributed by atoms with E-state index < -0.39 is 49.3 Å². The Balaban J connectivity index is 2.13. The number of halogens is 6. The molecule has 2 aromatic rings. The maximum absolute atomic E-state index is 12.3. The van der Waals surface area contributed by atoms with Crippen molar-refractivity contribution in [3.05, 3.63) is 23.1 Å². The van der Waals surface area contributed by atoms with Crippen molar-refractivity contribution < 1.29 is 40.6 Å². The Morgan fingerprint density at radius 3 is 2.13 bits per heavy atom. The van der Waals surface area contributed by atoms with Crippen molar-refractivity contribution in [1.29, 1.82) is 0 Å². The van der Waals surface area contributed by atoms with Crippen LogP contribution in [0.25, 0.3) is 0 Å². The third kappa shape index (κ3) is 8.50. The summed E-state index contributed by atoms with van der Waals surface area (Å²) in [6.07, 6.45) is -7.90. The number of nitrogens with zero attached hydrogens (tertiary/aromatic N) is 3. The lowest BCUT2D eigenvalue weighted by Gasteiger charge is -2.13. The van der Waals surface area contributed by atoms with Crippen molar-refractivity contribution in [1.82, 2.24) is 9.97 Å². The number of aliphatic imine (C=N–C) groups is 1. The Hall–Kier alpha value is -3.10. The van der Waals surface area contributed by atoms with E-state index in [1.165, 1.54) is 0 Å². The average Bonchev–Trinajstić information content (AvgIpc) is 3.04. The number of hydrogen-bond acceptors (Lipinski definition) is 7. The summed E-state index contributed by atoms with van der Waals surface area (Å²) >= 11 is 1.16. The molecule has 15 heteroatoms. The lowest BCUT2D eigenvalue weighted by molar-refractivity contribution is -0.154. The fourth-order valence-electron chi connectivity index (χ4n) is 1.78. The number of nitrogens with one attached hydrogen (secondary N) is 2.